The third kappa shape index (κ3) is 12.0. The van der Waals surface area contributed by atoms with Crippen molar-refractivity contribution < 1.29 is 30.0 Å². The predicted molar refractivity (Wildman–Crippen MR) is 121 cm³/mol. The molecule has 1 aliphatic heterocycles. The van der Waals surface area contributed by atoms with E-state index < -0.39 is 37.3 Å². The summed E-state index contributed by atoms with van der Waals surface area (Å²) in [5.74, 6) is -0.270. The summed E-state index contributed by atoms with van der Waals surface area (Å²) in [7, 11) is 0. The lowest BCUT2D eigenvalue weighted by Crippen LogP contribution is -2.63. The fraction of sp³-hybridized carbons (Fsp3) is 0.875. The van der Waals surface area contributed by atoms with Gasteiger partial charge in [-0.15, -0.1) is 0 Å². The van der Waals surface area contributed by atoms with Crippen molar-refractivity contribution in [3.05, 3.63) is 12.2 Å². The highest BCUT2D eigenvalue weighted by molar-refractivity contribution is 5.76. The number of amides is 1. The number of carbonyl (C=O) groups is 1. The fourth-order valence-corrected chi connectivity index (χ4v) is 3.79. The summed E-state index contributed by atoms with van der Waals surface area (Å²) in [6.45, 7) is 1.71. The Balaban J connectivity index is 1.97. The van der Waals surface area contributed by atoms with Crippen molar-refractivity contribution >= 4 is 5.91 Å². The van der Waals surface area contributed by atoms with E-state index in [4.69, 9.17) is 4.74 Å². The Morgan fingerprint density at radius 3 is 1.94 bits per heavy atom. The second-order valence-corrected chi connectivity index (χ2v) is 8.65. The predicted octanol–water partition coefficient (Wildman–Crippen LogP) is 2.94. The number of hydrogen-bond acceptors (Lipinski definition) is 6. The maximum absolute atomic E-state index is 12.1. The summed E-state index contributed by atoms with van der Waals surface area (Å²) < 4.78 is 5.28. The highest BCUT2D eigenvalue weighted by atomic mass is 16.6. The highest BCUT2D eigenvalue weighted by Gasteiger charge is 2.43. The summed E-state index contributed by atoms with van der Waals surface area (Å²) in [5, 5.41) is 41.2. The van der Waals surface area contributed by atoms with Gasteiger partial charge in [0, 0.05) is 6.42 Å². The van der Waals surface area contributed by atoms with E-state index in [1.807, 2.05) is 0 Å². The molecule has 7 nitrogen and oxygen atoms in total. The number of allylic oxidation sites excluding steroid dienone is 2. The van der Waals surface area contributed by atoms with Gasteiger partial charge in [0.1, 0.15) is 24.4 Å². The normalized spacial score (nSPS) is 26.4. The summed E-state index contributed by atoms with van der Waals surface area (Å²) in [5.41, 5.74) is 0. The minimum atomic E-state index is -1.47. The Bertz CT molecular complexity index is 485. The van der Waals surface area contributed by atoms with E-state index in [1.54, 1.807) is 0 Å². The molecule has 0 aromatic heterocycles. The van der Waals surface area contributed by atoms with E-state index in [-0.39, 0.29) is 5.91 Å². The van der Waals surface area contributed by atoms with Gasteiger partial charge in [-0.05, 0) is 25.7 Å². The molecule has 0 spiro atoms. The molecular formula is C24H45NO6. The molecule has 0 aliphatic carbocycles. The second-order valence-electron chi connectivity index (χ2n) is 8.65. The second kappa shape index (κ2) is 17.6. The molecule has 0 saturated carbocycles. The Morgan fingerprint density at radius 2 is 1.35 bits per heavy atom. The Labute approximate surface area is 187 Å². The van der Waals surface area contributed by atoms with Crippen LogP contribution in [0.25, 0.3) is 0 Å². The number of nitrogens with one attached hydrogen (secondary N) is 1. The third-order valence-corrected chi connectivity index (χ3v) is 5.86. The molecule has 182 valence electrons. The number of rotatable bonds is 17. The lowest BCUT2D eigenvalue weighted by atomic mass is 9.98. The zero-order valence-corrected chi connectivity index (χ0v) is 19.3. The maximum atomic E-state index is 12.1. The first kappa shape index (κ1) is 28.0. The van der Waals surface area contributed by atoms with Gasteiger partial charge in [0.15, 0.2) is 6.23 Å². The molecule has 1 heterocycles. The molecule has 1 fully saturated rings. The highest BCUT2D eigenvalue weighted by Crippen LogP contribution is 2.20. The molecule has 1 saturated heterocycles. The monoisotopic (exact) mass is 443 g/mol. The SMILES string of the molecule is CCCC/C=C\CCCCCCCCCCCC(=O)N[C@@H]1O[C@H](CO)[C@@H](O)[C@H](O)[C@H]1O. The molecule has 0 radical (unpaired) electrons. The van der Waals surface area contributed by atoms with E-state index >= 15 is 0 Å². The number of hydrogen-bond donors (Lipinski definition) is 5. The van der Waals surface area contributed by atoms with Crippen molar-refractivity contribution in [1.82, 2.24) is 5.32 Å². The molecule has 0 unspecified atom stereocenters. The van der Waals surface area contributed by atoms with Crippen molar-refractivity contribution in [2.75, 3.05) is 6.61 Å². The van der Waals surface area contributed by atoms with Crippen LogP contribution >= 0.6 is 0 Å². The first-order valence-electron chi connectivity index (χ1n) is 12.3. The van der Waals surface area contributed by atoms with Gasteiger partial charge in [-0.3, -0.25) is 4.79 Å². The largest absolute Gasteiger partial charge is 0.394 e. The topological polar surface area (TPSA) is 119 Å². The van der Waals surface area contributed by atoms with Crippen molar-refractivity contribution in [3.8, 4) is 0 Å². The van der Waals surface area contributed by atoms with E-state index in [0.29, 0.717) is 6.42 Å². The maximum Gasteiger partial charge on any atom is 0.222 e. The molecule has 0 aromatic rings. The van der Waals surface area contributed by atoms with Crippen LogP contribution < -0.4 is 5.32 Å². The Hall–Kier alpha value is -0.990. The standard InChI is InChI=1S/C24H45NO6/c1-2-3-4-5-6-7-8-9-10-11-12-13-14-15-16-17-20(27)25-24-23(30)22(29)21(28)19(18-26)31-24/h5-6,19,21-24,26,28-30H,2-4,7-18H2,1H3,(H,25,27)/b6-5-/t19-,21-,22+,23-,24-/m1/s1. The minimum Gasteiger partial charge on any atom is -0.394 e. The van der Waals surface area contributed by atoms with Crippen LogP contribution in [-0.4, -0.2) is 63.6 Å². The van der Waals surface area contributed by atoms with Gasteiger partial charge in [0.25, 0.3) is 0 Å². The van der Waals surface area contributed by atoms with Crippen molar-refractivity contribution in [2.24, 2.45) is 0 Å². The third-order valence-electron chi connectivity index (χ3n) is 5.86. The smallest absolute Gasteiger partial charge is 0.222 e. The molecule has 31 heavy (non-hydrogen) atoms. The number of unbranched alkanes of at least 4 members (excludes halogenated alkanes) is 11. The molecule has 5 N–H and O–H groups in total. The average molecular weight is 444 g/mol. The lowest BCUT2D eigenvalue weighted by Gasteiger charge is -2.40. The van der Waals surface area contributed by atoms with E-state index in [2.05, 4.69) is 24.4 Å². The Morgan fingerprint density at radius 1 is 0.806 bits per heavy atom. The zero-order valence-electron chi connectivity index (χ0n) is 19.3. The summed E-state index contributed by atoms with van der Waals surface area (Å²) in [4.78, 5) is 12.1. The van der Waals surface area contributed by atoms with Crippen LogP contribution in [0.1, 0.15) is 96.8 Å². The van der Waals surface area contributed by atoms with Crippen molar-refractivity contribution in [1.29, 1.82) is 0 Å². The number of aliphatic hydroxyl groups excluding tert-OH is 4. The van der Waals surface area contributed by atoms with Gasteiger partial charge in [-0.2, -0.15) is 0 Å². The van der Waals surface area contributed by atoms with Crippen LogP contribution in [0.4, 0.5) is 0 Å². The van der Waals surface area contributed by atoms with Gasteiger partial charge >= 0.3 is 0 Å². The summed E-state index contributed by atoms with van der Waals surface area (Å²) >= 11 is 0. The summed E-state index contributed by atoms with van der Waals surface area (Å²) in [6.07, 6.45) is 13.9. The van der Waals surface area contributed by atoms with Gasteiger partial charge in [0.05, 0.1) is 6.61 Å². The van der Waals surface area contributed by atoms with Gasteiger partial charge < -0.3 is 30.5 Å². The van der Waals surface area contributed by atoms with Crippen LogP contribution in [0, 0.1) is 0 Å². The molecular weight excluding hydrogens is 398 g/mol. The number of aliphatic hydroxyl groups is 4. The molecule has 1 rings (SSSR count). The van der Waals surface area contributed by atoms with Crippen molar-refractivity contribution in [3.63, 3.8) is 0 Å². The minimum absolute atomic E-state index is 0.270. The van der Waals surface area contributed by atoms with E-state index in [1.165, 1.54) is 64.2 Å². The average Bonchev–Trinajstić information content (AvgIpc) is 2.76. The van der Waals surface area contributed by atoms with Crippen molar-refractivity contribution in [2.45, 2.75) is 127 Å². The van der Waals surface area contributed by atoms with Gasteiger partial charge in [0.2, 0.25) is 5.91 Å². The quantitative estimate of drug-likeness (QED) is 0.174. The van der Waals surface area contributed by atoms with Gasteiger partial charge in [-0.1, -0.05) is 76.9 Å². The van der Waals surface area contributed by atoms with Crippen LogP contribution in [0.5, 0.6) is 0 Å². The molecule has 0 aromatic carbocycles. The first-order valence-corrected chi connectivity index (χ1v) is 12.3. The summed E-state index contributed by atoms with van der Waals surface area (Å²) in [6, 6.07) is 0. The first-order chi connectivity index (χ1) is 15.0. The molecule has 1 aliphatic rings. The van der Waals surface area contributed by atoms with Crippen LogP contribution in [0.3, 0.4) is 0 Å². The zero-order chi connectivity index (χ0) is 22.9. The van der Waals surface area contributed by atoms with Crippen LogP contribution in [0.2, 0.25) is 0 Å². The van der Waals surface area contributed by atoms with Gasteiger partial charge in [-0.25, -0.2) is 0 Å². The van der Waals surface area contributed by atoms with Crippen LogP contribution in [-0.2, 0) is 9.53 Å². The fourth-order valence-electron chi connectivity index (χ4n) is 3.79. The molecule has 7 heteroatoms. The molecule has 0 bridgehead atoms. The van der Waals surface area contributed by atoms with E-state index in [0.717, 1.165) is 19.3 Å². The molecule has 1 amide bonds. The molecule has 5 atom stereocenters. The number of carbonyl (C=O) groups excluding carboxylic acids is 1. The Kier molecular flexibility index (Phi) is 15.9. The van der Waals surface area contributed by atoms with Crippen LogP contribution in [0.15, 0.2) is 12.2 Å². The number of ether oxygens (including phenoxy) is 1. The lowest BCUT2D eigenvalue weighted by molar-refractivity contribution is -0.236. The van der Waals surface area contributed by atoms with E-state index in [9.17, 15) is 25.2 Å².